The molecule has 0 atom stereocenters. The van der Waals surface area contributed by atoms with Crippen LogP contribution in [0.25, 0.3) is 22.4 Å². The summed E-state index contributed by atoms with van der Waals surface area (Å²) in [6.07, 6.45) is 5.53. The van der Waals surface area contributed by atoms with E-state index in [1.165, 1.54) is 16.7 Å². The van der Waals surface area contributed by atoms with Crippen LogP contribution >= 0.6 is 0 Å². The van der Waals surface area contributed by atoms with Gasteiger partial charge in [0.1, 0.15) is 0 Å². The Morgan fingerprint density at radius 1 is 0.824 bits per heavy atom. The third kappa shape index (κ3) is 5.78. The molecule has 0 saturated carbocycles. The molecule has 0 aliphatic heterocycles. The molecule has 0 spiro atoms. The van der Waals surface area contributed by atoms with Crippen LogP contribution in [0, 0.1) is 0 Å². The van der Waals surface area contributed by atoms with E-state index in [1.54, 1.807) is 0 Å². The normalized spacial score (nSPS) is 10.5. The van der Waals surface area contributed by atoms with Crippen LogP contribution in [0.5, 0.6) is 0 Å². The average molecular weight is 447 g/mol. The first-order valence-electron chi connectivity index (χ1n) is 11.6. The van der Waals surface area contributed by atoms with Gasteiger partial charge in [-0.15, -0.1) is 0 Å². The van der Waals surface area contributed by atoms with Gasteiger partial charge in [-0.05, 0) is 52.8 Å². The first kappa shape index (κ1) is 23.0. The maximum absolute atomic E-state index is 4.47. The van der Waals surface area contributed by atoms with Crippen LogP contribution in [0.2, 0.25) is 0 Å². The van der Waals surface area contributed by atoms with Crippen molar-refractivity contribution in [3.63, 3.8) is 0 Å². The molecule has 0 radical (unpaired) electrons. The summed E-state index contributed by atoms with van der Waals surface area (Å²) in [5.74, 6) is 0.558. The van der Waals surface area contributed by atoms with Crippen LogP contribution in [0.3, 0.4) is 0 Å². The van der Waals surface area contributed by atoms with Crippen LogP contribution in [0.4, 0.5) is 11.6 Å². The van der Waals surface area contributed by atoms with Crippen LogP contribution in [0.1, 0.15) is 30.0 Å². The second kappa shape index (κ2) is 11.1. The molecule has 0 saturated heterocycles. The van der Waals surface area contributed by atoms with E-state index in [9.17, 15) is 0 Å². The molecular weight excluding hydrogens is 416 g/mol. The Kier molecular flexibility index (Phi) is 7.51. The molecule has 170 valence electrons. The van der Waals surface area contributed by atoms with E-state index in [0.29, 0.717) is 5.95 Å². The van der Waals surface area contributed by atoms with Gasteiger partial charge in [-0.2, -0.15) is 0 Å². The van der Waals surface area contributed by atoms with E-state index in [4.69, 9.17) is 0 Å². The Morgan fingerprint density at radius 2 is 1.56 bits per heavy atom. The van der Waals surface area contributed by atoms with Crippen molar-refractivity contribution in [3.05, 3.63) is 121 Å². The maximum atomic E-state index is 4.47. The predicted octanol–water partition coefficient (Wildman–Crippen LogP) is 7.11. The first-order chi connectivity index (χ1) is 16.6. The molecule has 0 amide bonds. The topological polar surface area (TPSA) is 49.8 Å². The number of hydrogen-bond donors (Lipinski definition) is 2. The lowest BCUT2D eigenvalue weighted by Crippen LogP contribution is -2.15. The van der Waals surface area contributed by atoms with Crippen molar-refractivity contribution in [2.45, 2.75) is 19.8 Å². The zero-order valence-corrected chi connectivity index (χ0v) is 19.6. The molecule has 0 aliphatic rings. The number of nitrogens with zero attached hydrogens (tertiary/aromatic N) is 2. The van der Waals surface area contributed by atoms with Gasteiger partial charge in [-0.1, -0.05) is 86.8 Å². The van der Waals surface area contributed by atoms with Crippen LogP contribution in [-0.2, 0) is 6.42 Å². The molecule has 1 aromatic heterocycles. The molecule has 0 bridgehead atoms. The highest BCUT2D eigenvalue weighted by Gasteiger charge is 2.06. The number of allylic oxidation sites excluding steroid dienone is 1. The summed E-state index contributed by atoms with van der Waals surface area (Å²) in [6.45, 7) is 11.4. The van der Waals surface area contributed by atoms with E-state index in [2.05, 4.69) is 71.0 Å². The van der Waals surface area contributed by atoms with Crippen molar-refractivity contribution in [2.24, 2.45) is 0 Å². The minimum Gasteiger partial charge on any atom is -0.385 e. The number of anilines is 2. The minimum absolute atomic E-state index is 0.558. The Bertz CT molecular complexity index is 1260. The molecule has 4 aromatic rings. The molecule has 3 aromatic carbocycles. The highest BCUT2D eigenvalue weighted by molar-refractivity contribution is 5.68. The number of nitrogens with one attached hydrogen (secondary N) is 2. The van der Waals surface area contributed by atoms with Crippen molar-refractivity contribution in [2.75, 3.05) is 11.9 Å². The summed E-state index contributed by atoms with van der Waals surface area (Å²) in [4.78, 5) is 8.94. The summed E-state index contributed by atoms with van der Waals surface area (Å²) in [6, 6.07) is 26.7. The van der Waals surface area contributed by atoms with Gasteiger partial charge in [-0.3, -0.25) is 0 Å². The van der Waals surface area contributed by atoms with E-state index in [1.807, 2.05) is 60.9 Å². The van der Waals surface area contributed by atoms with E-state index >= 15 is 0 Å². The second-order valence-electron chi connectivity index (χ2n) is 8.14. The fourth-order valence-corrected chi connectivity index (χ4v) is 3.81. The Hall–Kier alpha value is -4.18. The minimum atomic E-state index is 0.558. The van der Waals surface area contributed by atoms with Gasteiger partial charge in [0, 0.05) is 35.9 Å². The molecule has 1 heterocycles. The molecule has 4 heteroatoms. The highest BCUT2D eigenvalue weighted by atomic mass is 15.1. The van der Waals surface area contributed by atoms with Gasteiger partial charge in [-0.25, -0.2) is 9.97 Å². The maximum Gasteiger partial charge on any atom is 0.227 e. The number of benzene rings is 3. The van der Waals surface area contributed by atoms with Crippen LogP contribution < -0.4 is 10.6 Å². The molecule has 0 unspecified atom stereocenters. The SMILES string of the molecule is C=C(NCCc1ccccc1C(=C)CC)c1cccc(Nc2ncc(-c3ccccc3)cn2)c1. The first-order valence-corrected chi connectivity index (χ1v) is 11.6. The standard InChI is InChI=1S/C30H30N4/c1-4-22(2)29-16-9-8-13-25(29)17-18-31-23(3)26-14-10-15-28(19-26)34-30-32-20-27(21-33-30)24-11-6-5-7-12-24/h5-16,19-21,31H,2-4,17-18H2,1H3,(H,32,33,34). The molecule has 2 N–H and O–H groups in total. The smallest absolute Gasteiger partial charge is 0.227 e. The van der Waals surface area contributed by atoms with E-state index in [0.717, 1.165) is 47.5 Å². The molecule has 4 nitrogen and oxygen atoms in total. The summed E-state index contributed by atoms with van der Waals surface area (Å²) < 4.78 is 0. The van der Waals surface area contributed by atoms with Gasteiger partial charge in [0.15, 0.2) is 0 Å². The Morgan fingerprint density at radius 3 is 2.32 bits per heavy atom. The third-order valence-corrected chi connectivity index (χ3v) is 5.78. The van der Waals surface area contributed by atoms with Crippen molar-refractivity contribution in [1.82, 2.24) is 15.3 Å². The number of hydrogen-bond acceptors (Lipinski definition) is 4. The van der Waals surface area contributed by atoms with Crippen molar-refractivity contribution in [3.8, 4) is 11.1 Å². The second-order valence-corrected chi connectivity index (χ2v) is 8.14. The van der Waals surface area contributed by atoms with Crippen molar-refractivity contribution in [1.29, 1.82) is 0 Å². The predicted molar refractivity (Wildman–Crippen MR) is 144 cm³/mol. The fourth-order valence-electron chi connectivity index (χ4n) is 3.81. The van der Waals surface area contributed by atoms with Gasteiger partial charge < -0.3 is 10.6 Å². The average Bonchev–Trinajstić information content (AvgIpc) is 2.89. The largest absolute Gasteiger partial charge is 0.385 e. The van der Waals surface area contributed by atoms with Crippen molar-refractivity contribution < 1.29 is 0 Å². The lowest BCUT2D eigenvalue weighted by atomic mass is 9.97. The number of aromatic nitrogens is 2. The molecule has 4 rings (SSSR count). The molecule has 0 fully saturated rings. The Balaban J connectivity index is 1.36. The fraction of sp³-hybridized carbons (Fsp3) is 0.133. The summed E-state index contributed by atoms with van der Waals surface area (Å²) in [5, 5.41) is 6.75. The lowest BCUT2D eigenvalue weighted by molar-refractivity contribution is 0.846. The lowest BCUT2D eigenvalue weighted by Gasteiger charge is -2.14. The van der Waals surface area contributed by atoms with E-state index < -0.39 is 0 Å². The molecular formula is C30H30N4. The number of rotatable bonds is 10. The van der Waals surface area contributed by atoms with Gasteiger partial charge in [0.05, 0.1) is 0 Å². The van der Waals surface area contributed by atoms with E-state index in [-0.39, 0.29) is 0 Å². The quantitative estimate of drug-likeness (QED) is 0.272. The highest BCUT2D eigenvalue weighted by Crippen LogP contribution is 2.22. The zero-order chi connectivity index (χ0) is 23.8. The summed E-state index contributed by atoms with van der Waals surface area (Å²) in [7, 11) is 0. The molecule has 34 heavy (non-hydrogen) atoms. The summed E-state index contributed by atoms with van der Waals surface area (Å²) in [5.41, 5.74) is 8.64. The monoisotopic (exact) mass is 446 g/mol. The molecule has 0 aliphatic carbocycles. The van der Waals surface area contributed by atoms with Crippen molar-refractivity contribution >= 4 is 22.9 Å². The zero-order valence-electron chi connectivity index (χ0n) is 19.6. The summed E-state index contributed by atoms with van der Waals surface area (Å²) >= 11 is 0. The Labute approximate surface area is 202 Å². The van der Waals surface area contributed by atoms with Crippen LogP contribution in [-0.4, -0.2) is 16.5 Å². The van der Waals surface area contributed by atoms with Gasteiger partial charge in [0.25, 0.3) is 0 Å². The van der Waals surface area contributed by atoms with Gasteiger partial charge in [0.2, 0.25) is 5.95 Å². The third-order valence-electron chi connectivity index (χ3n) is 5.78. The van der Waals surface area contributed by atoms with Crippen LogP contribution in [0.15, 0.2) is 104 Å². The van der Waals surface area contributed by atoms with Gasteiger partial charge >= 0.3 is 0 Å².